The van der Waals surface area contributed by atoms with Gasteiger partial charge in [0.2, 0.25) is 0 Å². The zero-order chi connectivity index (χ0) is 13.3. The van der Waals surface area contributed by atoms with Gasteiger partial charge in [0.05, 0.1) is 0 Å². The smallest absolute Gasteiger partial charge is 0.195 e. The van der Waals surface area contributed by atoms with E-state index in [1.807, 2.05) is 28.8 Å². The lowest BCUT2D eigenvalue weighted by Gasteiger charge is -2.03. The van der Waals surface area contributed by atoms with Crippen LogP contribution in [0, 0.1) is 0 Å². The minimum Gasteiger partial charge on any atom is -0.316 e. The minimum atomic E-state index is 0.914. The van der Waals surface area contributed by atoms with Crippen molar-refractivity contribution in [1.82, 2.24) is 19.9 Å². The van der Waals surface area contributed by atoms with Crippen LogP contribution in [0.4, 0.5) is 0 Å². The molecule has 104 valence electrons. The summed E-state index contributed by atoms with van der Waals surface area (Å²) in [5.74, 6) is 1.03. The number of nitrogens with zero attached hydrogens (tertiary/aromatic N) is 3. The monoisotopic (exact) mass is 278 g/mol. The standard InChI is InChI=1S/C14H22N4S/c1-2-3-4-6-9-15-10-12-19-14-17-16-13-8-5-7-11-18(13)14/h5,7-8,11,15H,2-4,6,9-10,12H2,1H3. The van der Waals surface area contributed by atoms with Crippen molar-refractivity contribution in [3.63, 3.8) is 0 Å². The molecule has 0 aliphatic heterocycles. The van der Waals surface area contributed by atoms with Gasteiger partial charge in [-0.1, -0.05) is 44.0 Å². The van der Waals surface area contributed by atoms with Crippen molar-refractivity contribution in [2.45, 2.75) is 37.8 Å². The molecule has 0 spiro atoms. The molecule has 2 aromatic rings. The normalized spacial score (nSPS) is 11.2. The first kappa shape index (κ1) is 14.3. The molecule has 0 radical (unpaired) electrons. The number of aromatic nitrogens is 3. The molecule has 5 heteroatoms. The predicted octanol–water partition coefficient (Wildman–Crippen LogP) is 2.99. The summed E-state index contributed by atoms with van der Waals surface area (Å²) in [6.45, 7) is 4.40. The lowest BCUT2D eigenvalue weighted by Crippen LogP contribution is -2.18. The van der Waals surface area contributed by atoms with Gasteiger partial charge in [0.1, 0.15) is 0 Å². The molecule has 19 heavy (non-hydrogen) atoms. The van der Waals surface area contributed by atoms with Crippen LogP contribution in [0.25, 0.3) is 5.65 Å². The SMILES string of the molecule is CCCCCCNCCSc1nnc2ccccn12. The van der Waals surface area contributed by atoms with Crippen LogP contribution >= 0.6 is 11.8 Å². The second kappa shape index (κ2) is 8.17. The van der Waals surface area contributed by atoms with E-state index < -0.39 is 0 Å². The molecule has 0 saturated carbocycles. The van der Waals surface area contributed by atoms with Crippen LogP contribution in [0.3, 0.4) is 0 Å². The number of pyridine rings is 1. The van der Waals surface area contributed by atoms with Gasteiger partial charge in [-0.05, 0) is 25.1 Å². The van der Waals surface area contributed by atoms with Gasteiger partial charge in [-0.2, -0.15) is 0 Å². The van der Waals surface area contributed by atoms with Gasteiger partial charge in [-0.3, -0.25) is 4.40 Å². The lowest BCUT2D eigenvalue weighted by atomic mass is 10.2. The first-order valence-electron chi connectivity index (χ1n) is 7.05. The summed E-state index contributed by atoms with van der Waals surface area (Å²) < 4.78 is 2.03. The summed E-state index contributed by atoms with van der Waals surface area (Å²) in [5.41, 5.74) is 0.914. The molecule has 4 nitrogen and oxygen atoms in total. The number of hydrogen-bond acceptors (Lipinski definition) is 4. The van der Waals surface area contributed by atoms with Crippen molar-refractivity contribution in [3.05, 3.63) is 24.4 Å². The molecule has 0 atom stereocenters. The Morgan fingerprint density at radius 1 is 1.16 bits per heavy atom. The van der Waals surface area contributed by atoms with E-state index >= 15 is 0 Å². The van der Waals surface area contributed by atoms with Gasteiger partial charge in [0.25, 0.3) is 0 Å². The summed E-state index contributed by atoms with van der Waals surface area (Å²) in [4.78, 5) is 0. The number of nitrogens with one attached hydrogen (secondary N) is 1. The highest BCUT2D eigenvalue weighted by atomic mass is 32.2. The van der Waals surface area contributed by atoms with E-state index in [0.717, 1.165) is 29.6 Å². The van der Waals surface area contributed by atoms with Crippen LogP contribution in [0.1, 0.15) is 32.6 Å². The van der Waals surface area contributed by atoms with Crippen LogP contribution < -0.4 is 5.32 Å². The van der Waals surface area contributed by atoms with Crippen molar-refractivity contribution in [3.8, 4) is 0 Å². The van der Waals surface area contributed by atoms with Gasteiger partial charge in [0, 0.05) is 18.5 Å². The Kier molecular flexibility index (Phi) is 6.17. The van der Waals surface area contributed by atoms with E-state index in [1.54, 1.807) is 11.8 Å². The number of unbranched alkanes of at least 4 members (excludes halogenated alkanes) is 3. The molecule has 0 aliphatic carbocycles. The van der Waals surface area contributed by atoms with Crippen LogP contribution in [0.15, 0.2) is 29.6 Å². The summed E-state index contributed by atoms with van der Waals surface area (Å²) in [5, 5.41) is 12.8. The first-order valence-corrected chi connectivity index (χ1v) is 8.03. The number of rotatable bonds is 9. The third-order valence-corrected chi connectivity index (χ3v) is 3.94. The largest absolute Gasteiger partial charge is 0.316 e. The maximum atomic E-state index is 4.20. The van der Waals surface area contributed by atoms with E-state index in [4.69, 9.17) is 0 Å². The molecule has 0 bridgehead atoms. The van der Waals surface area contributed by atoms with Crippen LogP contribution in [-0.2, 0) is 0 Å². The average Bonchev–Trinajstić information content (AvgIpc) is 2.85. The molecule has 2 heterocycles. The molecular formula is C14H22N4S. The van der Waals surface area contributed by atoms with Gasteiger partial charge < -0.3 is 5.32 Å². The average molecular weight is 278 g/mol. The van der Waals surface area contributed by atoms with Crippen molar-refractivity contribution in [2.24, 2.45) is 0 Å². The Bertz CT molecular complexity index is 483. The topological polar surface area (TPSA) is 42.2 Å². The van der Waals surface area contributed by atoms with Gasteiger partial charge in [-0.15, -0.1) is 10.2 Å². The molecule has 0 fully saturated rings. The molecule has 0 unspecified atom stereocenters. The zero-order valence-electron chi connectivity index (χ0n) is 11.5. The van der Waals surface area contributed by atoms with E-state index in [0.29, 0.717) is 0 Å². The van der Waals surface area contributed by atoms with E-state index in [1.165, 1.54) is 25.7 Å². The maximum absolute atomic E-state index is 4.20. The fourth-order valence-electron chi connectivity index (χ4n) is 1.93. The third kappa shape index (κ3) is 4.51. The second-order valence-electron chi connectivity index (χ2n) is 4.57. The molecular weight excluding hydrogens is 256 g/mol. The Hall–Kier alpha value is -1.07. The molecule has 0 saturated heterocycles. The highest BCUT2D eigenvalue weighted by Gasteiger charge is 2.03. The van der Waals surface area contributed by atoms with Crippen molar-refractivity contribution < 1.29 is 0 Å². The summed E-state index contributed by atoms with van der Waals surface area (Å²) in [6.07, 6.45) is 7.28. The van der Waals surface area contributed by atoms with Gasteiger partial charge in [-0.25, -0.2) is 0 Å². The number of fused-ring (bicyclic) bond motifs is 1. The van der Waals surface area contributed by atoms with E-state index in [9.17, 15) is 0 Å². The highest BCUT2D eigenvalue weighted by molar-refractivity contribution is 7.99. The summed E-state index contributed by atoms with van der Waals surface area (Å²) in [7, 11) is 0. The summed E-state index contributed by atoms with van der Waals surface area (Å²) >= 11 is 1.75. The first-order chi connectivity index (χ1) is 9.42. The second-order valence-corrected chi connectivity index (χ2v) is 5.63. The zero-order valence-corrected chi connectivity index (χ0v) is 12.3. The number of hydrogen-bond donors (Lipinski definition) is 1. The Balaban J connectivity index is 1.63. The van der Waals surface area contributed by atoms with Crippen molar-refractivity contribution in [1.29, 1.82) is 0 Å². The van der Waals surface area contributed by atoms with Crippen LogP contribution in [0.5, 0.6) is 0 Å². The Labute approximate surface area is 119 Å². The Morgan fingerprint density at radius 2 is 2.11 bits per heavy atom. The van der Waals surface area contributed by atoms with Crippen molar-refractivity contribution in [2.75, 3.05) is 18.8 Å². The summed E-state index contributed by atoms with van der Waals surface area (Å²) in [6, 6.07) is 5.96. The molecule has 2 aromatic heterocycles. The number of thioether (sulfide) groups is 1. The molecule has 2 rings (SSSR count). The van der Waals surface area contributed by atoms with E-state index in [2.05, 4.69) is 22.4 Å². The molecule has 0 aromatic carbocycles. The van der Waals surface area contributed by atoms with Gasteiger partial charge >= 0.3 is 0 Å². The Morgan fingerprint density at radius 3 is 3.00 bits per heavy atom. The molecule has 0 amide bonds. The van der Waals surface area contributed by atoms with Gasteiger partial charge in [0.15, 0.2) is 10.8 Å². The van der Waals surface area contributed by atoms with Crippen LogP contribution in [0.2, 0.25) is 0 Å². The lowest BCUT2D eigenvalue weighted by molar-refractivity contribution is 0.612. The maximum Gasteiger partial charge on any atom is 0.195 e. The fraction of sp³-hybridized carbons (Fsp3) is 0.571. The highest BCUT2D eigenvalue weighted by Crippen LogP contribution is 2.15. The van der Waals surface area contributed by atoms with Crippen molar-refractivity contribution >= 4 is 17.4 Å². The van der Waals surface area contributed by atoms with Crippen LogP contribution in [-0.4, -0.2) is 33.4 Å². The minimum absolute atomic E-state index is 0.914. The fourth-order valence-corrected chi connectivity index (χ4v) is 2.76. The molecule has 1 N–H and O–H groups in total. The third-order valence-electron chi connectivity index (χ3n) is 3.00. The van der Waals surface area contributed by atoms with E-state index in [-0.39, 0.29) is 0 Å². The quantitative estimate of drug-likeness (QED) is 0.565. The predicted molar refractivity (Wildman–Crippen MR) is 80.7 cm³/mol. The molecule has 0 aliphatic rings.